The van der Waals surface area contributed by atoms with E-state index in [2.05, 4.69) is 67.6 Å². The smallest absolute Gasteiger partial charge is 0.152 e. The topological polar surface area (TPSA) is 25.2 Å². The number of nitrogens with zero attached hydrogens (tertiary/aromatic N) is 2. The van der Waals surface area contributed by atoms with Crippen LogP contribution in [0.15, 0.2) is 54.7 Å². The summed E-state index contributed by atoms with van der Waals surface area (Å²) in [7, 11) is 2.07. The maximum absolute atomic E-state index is 11.3. The fraction of sp³-hybridized carbons (Fsp3) is 0.286. The van der Waals surface area contributed by atoms with E-state index >= 15 is 0 Å². The van der Waals surface area contributed by atoms with Gasteiger partial charge in [-0.25, -0.2) is 0 Å². The highest BCUT2D eigenvalue weighted by Gasteiger charge is 2.14. The van der Waals surface area contributed by atoms with Gasteiger partial charge in [0, 0.05) is 29.9 Å². The molecule has 3 heteroatoms. The molecule has 0 N–H and O–H groups in total. The number of hydrogen-bond donors (Lipinski definition) is 0. The van der Waals surface area contributed by atoms with Crippen LogP contribution >= 0.6 is 0 Å². The summed E-state index contributed by atoms with van der Waals surface area (Å²) in [6.45, 7) is 7.36. The first-order valence-corrected chi connectivity index (χ1v) is 8.25. The normalized spacial score (nSPS) is 11.7. The van der Waals surface area contributed by atoms with Crippen molar-refractivity contribution in [2.75, 3.05) is 11.9 Å². The minimum atomic E-state index is 0.159. The second-order valence-corrected chi connectivity index (χ2v) is 7.33. The molecule has 0 amide bonds. The van der Waals surface area contributed by atoms with Crippen molar-refractivity contribution in [1.82, 2.24) is 4.57 Å². The van der Waals surface area contributed by atoms with Gasteiger partial charge in [0.15, 0.2) is 6.29 Å². The molecule has 0 atom stereocenters. The lowest BCUT2D eigenvalue weighted by Crippen LogP contribution is -2.21. The summed E-state index contributed by atoms with van der Waals surface area (Å²) in [5, 5.41) is 1.00. The van der Waals surface area contributed by atoms with Crippen molar-refractivity contribution in [1.29, 1.82) is 0 Å². The molecule has 1 heterocycles. The second kappa shape index (κ2) is 6.16. The number of rotatable bonds is 4. The van der Waals surface area contributed by atoms with Gasteiger partial charge < -0.3 is 9.47 Å². The van der Waals surface area contributed by atoms with E-state index in [0.717, 1.165) is 28.4 Å². The molecule has 0 aliphatic heterocycles. The number of carbonyl (C=O) groups is 1. The van der Waals surface area contributed by atoms with E-state index in [1.54, 1.807) is 0 Å². The van der Waals surface area contributed by atoms with Crippen LogP contribution in [0.2, 0.25) is 0 Å². The van der Waals surface area contributed by atoms with Crippen LogP contribution < -0.4 is 4.90 Å². The predicted molar refractivity (Wildman–Crippen MR) is 101 cm³/mol. The minimum absolute atomic E-state index is 0.159. The number of aldehydes is 1. The molecule has 2 aromatic carbocycles. The van der Waals surface area contributed by atoms with Gasteiger partial charge in [0.05, 0.1) is 12.2 Å². The Hall–Kier alpha value is -2.55. The molecule has 3 rings (SSSR count). The third-order valence-electron chi connectivity index (χ3n) is 4.48. The molecule has 0 aliphatic carbocycles. The summed E-state index contributed by atoms with van der Waals surface area (Å²) in [6.07, 6.45) is 2.86. The van der Waals surface area contributed by atoms with Crippen LogP contribution in [0.4, 0.5) is 5.69 Å². The van der Waals surface area contributed by atoms with Crippen molar-refractivity contribution in [3.05, 3.63) is 65.9 Å². The zero-order valence-corrected chi connectivity index (χ0v) is 14.8. The molecule has 1 aromatic heterocycles. The zero-order valence-electron chi connectivity index (χ0n) is 14.8. The van der Waals surface area contributed by atoms with Gasteiger partial charge in [-0.15, -0.1) is 0 Å². The number of anilines is 1. The van der Waals surface area contributed by atoms with Gasteiger partial charge in [0.25, 0.3) is 0 Å². The van der Waals surface area contributed by atoms with Crippen molar-refractivity contribution in [2.45, 2.75) is 32.9 Å². The van der Waals surface area contributed by atoms with Crippen LogP contribution in [0.3, 0.4) is 0 Å². The van der Waals surface area contributed by atoms with Crippen molar-refractivity contribution < 1.29 is 4.79 Å². The number of aromatic nitrogens is 1. The number of benzene rings is 2. The molecule has 0 fully saturated rings. The van der Waals surface area contributed by atoms with Gasteiger partial charge in [0.2, 0.25) is 0 Å². The van der Waals surface area contributed by atoms with Gasteiger partial charge in [-0.1, -0.05) is 51.1 Å². The average Bonchev–Trinajstić information content (AvgIpc) is 2.92. The summed E-state index contributed by atoms with van der Waals surface area (Å²) in [5.41, 5.74) is 4.47. The van der Waals surface area contributed by atoms with Crippen LogP contribution in [0.1, 0.15) is 36.7 Å². The Kier molecular flexibility index (Phi) is 4.18. The highest BCUT2D eigenvalue weighted by atomic mass is 16.1. The Morgan fingerprint density at radius 1 is 1.04 bits per heavy atom. The zero-order chi connectivity index (χ0) is 17.3. The monoisotopic (exact) mass is 320 g/mol. The second-order valence-electron chi connectivity index (χ2n) is 7.33. The lowest BCUT2D eigenvalue weighted by molar-refractivity contribution is 0.112. The van der Waals surface area contributed by atoms with E-state index in [4.69, 9.17) is 0 Å². The van der Waals surface area contributed by atoms with E-state index in [0.29, 0.717) is 6.67 Å². The summed E-state index contributed by atoms with van der Waals surface area (Å²) >= 11 is 0. The Morgan fingerprint density at radius 3 is 2.33 bits per heavy atom. The maximum Gasteiger partial charge on any atom is 0.152 e. The van der Waals surface area contributed by atoms with Crippen molar-refractivity contribution in [3.63, 3.8) is 0 Å². The quantitative estimate of drug-likeness (QED) is 0.642. The number of para-hydroxylation sites is 1. The van der Waals surface area contributed by atoms with Gasteiger partial charge >= 0.3 is 0 Å². The predicted octanol–water partition coefficient (Wildman–Crippen LogP) is 4.85. The lowest BCUT2D eigenvalue weighted by atomic mass is 9.87. The highest BCUT2D eigenvalue weighted by Crippen LogP contribution is 2.26. The van der Waals surface area contributed by atoms with Crippen LogP contribution in [0, 0.1) is 0 Å². The van der Waals surface area contributed by atoms with Crippen molar-refractivity contribution >= 4 is 22.9 Å². The van der Waals surface area contributed by atoms with Crippen molar-refractivity contribution in [2.24, 2.45) is 0 Å². The molecule has 0 aliphatic rings. The Morgan fingerprint density at radius 2 is 1.71 bits per heavy atom. The molecular weight excluding hydrogens is 296 g/mol. The molecule has 3 aromatic rings. The SMILES string of the molecule is CN(Cn1cc(C=O)c2ccccc21)c1ccc(C(C)(C)C)cc1. The van der Waals surface area contributed by atoms with E-state index in [9.17, 15) is 4.79 Å². The summed E-state index contributed by atoms with van der Waals surface area (Å²) < 4.78 is 2.12. The lowest BCUT2D eigenvalue weighted by Gasteiger charge is -2.23. The van der Waals surface area contributed by atoms with Gasteiger partial charge in [0.1, 0.15) is 0 Å². The Balaban J connectivity index is 1.87. The third-order valence-corrected chi connectivity index (χ3v) is 4.48. The fourth-order valence-corrected chi connectivity index (χ4v) is 3.01. The first-order valence-electron chi connectivity index (χ1n) is 8.25. The van der Waals surface area contributed by atoms with E-state index < -0.39 is 0 Å². The minimum Gasteiger partial charge on any atom is -0.357 e. The van der Waals surface area contributed by atoms with Gasteiger partial charge in [-0.3, -0.25) is 4.79 Å². The molecule has 0 unspecified atom stereocenters. The summed E-state index contributed by atoms with van der Waals surface area (Å²) in [5.74, 6) is 0. The Labute approximate surface area is 143 Å². The largest absolute Gasteiger partial charge is 0.357 e. The highest BCUT2D eigenvalue weighted by molar-refractivity contribution is 5.97. The third kappa shape index (κ3) is 3.07. The number of hydrogen-bond acceptors (Lipinski definition) is 2. The average molecular weight is 320 g/mol. The maximum atomic E-state index is 11.3. The molecule has 3 nitrogen and oxygen atoms in total. The molecule has 0 spiro atoms. The molecule has 0 saturated carbocycles. The molecule has 124 valence electrons. The first kappa shape index (κ1) is 16.3. The first-order chi connectivity index (χ1) is 11.4. The molecular formula is C21H24N2O. The summed E-state index contributed by atoms with van der Waals surface area (Å²) in [4.78, 5) is 13.5. The van der Waals surface area contributed by atoms with Crippen LogP contribution in [0.25, 0.3) is 10.9 Å². The van der Waals surface area contributed by atoms with E-state index in [1.807, 2.05) is 24.4 Å². The van der Waals surface area contributed by atoms with Crippen LogP contribution in [-0.2, 0) is 12.1 Å². The van der Waals surface area contributed by atoms with Gasteiger partial charge in [-0.2, -0.15) is 0 Å². The van der Waals surface area contributed by atoms with E-state index in [1.165, 1.54) is 5.56 Å². The van der Waals surface area contributed by atoms with Crippen LogP contribution in [-0.4, -0.2) is 17.9 Å². The van der Waals surface area contributed by atoms with Crippen LogP contribution in [0.5, 0.6) is 0 Å². The molecule has 24 heavy (non-hydrogen) atoms. The van der Waals surface area contributed by atoms with Crippen molar-refractivity contribution in [3.8, 4) is 0 Å². The van der Waals surface area contributed by atoms with E-state index in [-0.39, 0.29) is 5.41 Å². The summed E-state index contributed by atoms with van der Waals surface area (Å²) in [6, 6.07) is 16.7. The standard InChI is InChI=1S/C21H24N2O/c1-21(2,3)17-9-11-18(12-10-17)22(4)15-23-13-16(14-24)19-7-5-6-8-20(19)23/h5-14H,15H2,1-4H3. The van der Waals surface area contributed by atoms with Gasteiger partial charge in [-0.05, 0) is 29.2 Å². The molecule has 0 saturated heterocycles. The number of fused-ring (bicyclic) bond motifs is 1. The fourth-order valence-electron chi connectivity index (χ4n) is 3.01. The Bertz CT molecular complexity index is 854. The number of carbonyl (C=O) groups excluding carboxylic acids is 1. The molecule has 0 radical (unpaired) electrons. The molecule has 0 bridgehead atoms.